The van der Waals surface area contributed by atoms with Crippen LogP contribution in [-0.2, 0) is 0 Å². The highest BCUT2D eigenvalue weighted by Crippen LogP contribution is 2.22. The van der Waals surface area contributed by atoms with E-state index in [1.54, 1.807) is 12.3 Å². The largest absolute Gasteiger partial charge is 0.372 e. The van der Waals surface area contributed by atoms with Crippen molar-refractivity contribution in [3.63, 3.8) is 0 Å². The summed E-state index contributed by atoms with van der Waals surface area (Å²) in [6.45, 7) is 5.25. The van der Waals surface area contributed by atoms with Crippen molar-refractivity contribution < 1.29 is 4.79 Å². The Labute approximate surface area is 155 Å². The third kappa shape index (κ3) is 4.50. The molecular formula is C20H27N5O. The van der Waals surface area contributed by atoms with E-state index >= 15 is 0 Å². The summed E-state index contributed by atoms with van der Waals surface area (Å²) in [5.41, 5.74) is 2.36. The molecule has 1 aliphatic heterocycles. The molecule has 0 aliphatic carbocycles. The van der Waals surface area contributed by atoms with Gasteiger partial charge in [-0.3, -0.25) is 4.79 Å². The van der Waals surface area contributed by atoms with Crippen LogP contribution >= 0.6 is 0 Å². The third-order valence-electron chi connectivity index (χ3n) is 4.66. The van der Waals surface area contributed by atoms with Crippen LogP contribution in [0, 0.1) is 0 Å². The zero-order valence-electron chi connectivity index (χ0n) is 15.6. The molecule has 1 saturated heterocycles. The molecule has 1 aliphatic rings. The lowest BCUT2D eigenvalue weighted by Crippen LogP contribution is -2.23. The molecule has 0 bridgehead atoms. The molecule has 1 N–H and O–H groups in total. The van der Waals surface area contributed by atoms with E-state index in [-0.39, 0.29) is 5.91 Å². The number of amides is 1. The Morgan fingerprint density at radius 3 is 2.62 bits per heavy atom. The highest BCUT2D eigenvalue weighted by atomic mass is 16.1. The zero-order chi connectivity index (χ0) is 18.4. The molecule has 26 heavy (non-hydrogen) atoms. The number of benzene rings is 1. The van der Waals surface area contributed by atoms with Crippen LogP contribution in [0.2, 0.25) is 0 Å². The van der Waals surface area contributed by atoms with Gasteiger partial charge in [-0.25, -0.2) is 9.97 Å². The van der Waals surface area contributed by atoms with Crippen LogP contribution in [-0.4, -0.2) is 42.6 Å². The average molecular weight is 353 g/mol. The van der Waals surface area contributed by atoms with Gasteiger partial charge in [0, 0.05) is 44.3 Å². The highest BCUT2D eigenvalue weighted by molar-refractivity contribution is 6.03. The van der Waals surface area contributed by atoms with Crippen molar-refractivity contribution in [2.24, 2.45) is 0 Å². The van der Waals surface area contributed by atoms with Crippen LogP contribution in [0.3, 0.4) is 0 Å². The summed E-state index contributed by atoms with van der Waals surface area (Å²) in [5, 5.41) is 2.92. The highest BCUT2D eigenvalue weighted by Gasteiger charge is 2.14. The number of hydrogen-bond donors (Lipinski definition) is 1. The Hall–Kier alpha value is -2.63. The molecule has 6 nitrogen and oxygen atoms in total. The van der Waals surface area contributed by atoms with Crippen molar-refractivity contribution in [3.8, 4) is 0 Å². The first-order valence-corrected chi connectivity index (χ1v) is 9.38. The maximum Gasteiger partial charge on any atom is 0.274 e. The standard InChI is InChI=1S/C20H27N5O/c1-3-4-13-24(2)20-21-12-11-18(23-20)19(26)22-16-7-9-17(10-8-16)25-14-5-6-15-25/h7-12H,3-6,13-15H2,1-2H3,(H,22,26). The van der Waals surface area contributed by atoms with Crippen LogP contribution in [0.5, 0.6) is 0 Å². The average Bonchev–Trinajstić information content (AvgIpc) is 3.21. The first-order valence-electron chi connectivity index (χ1n) is 9.38. The van der Waals surface area contributed by atoms with Crippen LogP contribution in [0.25, 0.3) is 0 Å². The Kier molecular flexibility index (Phi) is 6.04. The van der Waals surface area contributed by atoms with Gasteiger partial charge in [-0.1, -0.05) is 13.3 Å². The molecule has 0 spiro atoms. The molecule has 138 valence electrons. The molecule has 6 heteroatoms. The maximum atomic E-state index is 12.5. The summed E-state index contributed by atoms with van der Waals surface area (Å²) in [5.74, 6) is 0.363. The third-order valence-corrected chi connectivity index (χ3v) is 4.66. The lowest BCUT2D eigenvalue weighted by Gasteiger charge is -2.18. The van der Waals surface area contributed by atoms with Crippen molar-refractivity contribution in [3.05, 3.63) is 42.2 Å². The normalized spacial score (nSPS) is 13.7. The van der Waals surface area contributed by atoms with E-state index in [1.807, 2.05) is 24.1 Å². The minimum absolute atomic E-state index is 0.216. The Morgan fingerprint density at radius 2 is 1.92 bits per heavy atom. The number of aromatic nitrogens is 2. The second-order valence-electron chi connectivity index (χ2n) is 6.71. The molecule has 1 aromatic carbocycles. The lowest BCUT2D eigenvalue weighted by atomic mass is 10.2. The number of carbonyl (C=O) groups is 1. The van der Waals surface area contributed by atoms with Gasteiger partial charge in [-0.2, -0.15) is 0 Å². The molecule has 0 unspecified atom stereocenters. The fraction of sp³-hybridized carbons (Fsp3) is 0.450. The van der Waals surface area contributed by atoms with Gasteiger partial charge in [-0.15, -0.1) is 0 Å². The van der Waals surface area contributed by atoms with E-state index in [4.69, 9.17) is 0 Å². The van der Waals surface area contributed by atoms with Crippen LogP contribution < -0.4 is 15.1 Å². The number of anilines is 3. The van der Waals surface area contributed by atoms with Gasteiger partial charge in [0.15, 0.2) is 0 Å². The van der Waals surface area contributed by atoms with E-state index in [2.05, 4.69) is 39.2 Å². The van der Waals surface area contributed by atoms with E-state index in [0.29, 0.717) is 11.6 Å². The fourth-order valence-electron chi connectivity index (χ4n) is 3.08. The predicted octanol–water partition coefficient (Wildman–Crippen LogP) is 3.57. The summed E-state index contributed by atoms with van der Waals surface area (Å²) in [6, 6.07) is 9.66. The minimum Gasteiger partial charge on any atom is -0.372 e. The maximum absolute atomic E-state index is 12.5. The van der Waals surface area contributed by atoms with Crippen molar-refractivity contribution in [1.82, 2.24) is 9.97 Å². The number of nitrogens with one attached hydrogen (secondary N) is 1. The molecule has 1 fully saturated rings. The number of hydrogen-bond acceptors (Lipinski definition) is 5. The minimum atomic E-state index is -0.216. The Morgan fingerprint density at radius 1 is 1.19 bits per heavy atom. The summed E-state index contributed by atoms with van der Waals surface area (Å²) in [6.07, 6.45) is 6.32. The number of carbonyl (C=O) groups excluding carboxylic acids is 1. The van der Waals surface area contributed by atoms with Crippen molar-refractivity contribution in [1.29, 1.82) is 0 Å². The first-order chi connectivity index (χ1) is 12.7. The van der Waals surface area contributed by atoms with Crippen LogP contribution in [0.4, 0.5) is 17.3 Å². The van der Waals surface area contributed by atoms with E-state index < -0.39 is 0 Å². The van der Waals surface area contributed by atoms with Gasteiger partial charge < -0.3 is 15.1 Å². The van der Waals surface area contributed by atoms with Gasteiger partial charge in [0.25, 0.3) is 5.91 Å². The molecule has 0 atom stereocenters. The number of rotatable bonds is 7. The molecule has 3 rings (SSSR count). The first kappa shape index (κ1) is 18.2. The monoisotopic (exact) mass is 353 g/mol. The van der Waals surface area contributed by atoms with Crippen molar-refractivity contribution in [2.45, 2.75) is 32.6 Å². The van der Waals surface area contributed by atoms with Gasteiger partial charge in [-0.05, 0) is 49.6 Å². The SMILES string of the molecule is CCCCN(C)c1nccc(C(=O)Nc2ccc(N3CCCC3)cc2)n1. The Bertz CT molecular complexity index is 725. The van der Waals surface area contributed by atoms with Gasteiger partial charge >= 0.3 is 0 Å². The molecular weight excluding hydrogens is 326 g/mol. The van der Waals surface area contributed by atoms with Crippen molar-refractivity contribution >= 4 is 23.2 Å². The van der Waals surface area contributed by atoms with Gasteiger partial charge in [0.1, 0.15) is 5.69 Å². The second-order valence-corrected chi connectivity index (χ2v) is 6.71. The van der Waals surface area contributed by atoms with E-state index in [1.165, 1.54) is 18.5 Å². The summed E-state index contributed by atoms with van der Waals surface area (Å²) in [4.78, 5) is 25.5. The second kappa shape index (κ2) is 8.65. The van der Waals surface area contributed by atoms with Gasteiger partial charge in [0.2, 0.25) is 5.95 Å². The molecule has 0 radical (unpaired) electrons. The van der Waals surface area contributed by atoms with E-state index in [0.717, 1.165) is 38.2 Å². The summed E-state index contributed by atoms with van der Waals surface area (Å²) >= 11 is 0. The molecule has 1 amide bonds. The lowest BCUT2D eigenvalue weighted by molar-refractivity contribution is 0.102. The summed E-state index contributed by atoms with van der Waals surface area (Å²) < 4.78 is 0. The quantitative estimate of drug-likeness (QED) is 0.824. The number of unbranched alkanes of at least 4 members (excludes halogenated alkanes) is 1. The zero-order valence-corrected chi connectivity index (χ0v) is 15.6. The molecule has 1 aromatic heterocycles. The fourth-order valence-corrected chi connectivity index (χ4v) is 3.08. The smallest absolute Gasteiger partial charge is 0.274 e. The molecule has 2 aromatic rings. The topological polar surface area (TPSA) is 61.4 Å². The van der Waals surface area contributed by atoms with Crippen LogP contribution in [0.15, 0.2) is 36.5 Å². The molecule has 0 saturated carbocycles. The van der Waals surface area contributed by atoms with Crippen LogP contribution in [0.1, 0.15) is 43.1 Å². The number of nitrogens with zero attached hydrogens (tertiary/aromatic N) is 4. The van der Waals surface area contributed by atoms with Gasteiger partial charge in [0.05, 0.1) is 0 Å². The Balaban J connectivity index is 1.64. The van der Waals surface area contributed by atoms with Crippen molar-refractivity contribution in [2.75, 3.05) is 41.8 Å². The molecule has 2 heterocycles. The summed E-state index contributed by atoms with van der Waals surface area (Å²) in [7, 11) is 1.95. The predicted molar refractivity (Wildman–Crippen MR) is 106 cm³/mol. The van der Waals surface area contributed by atoms with E-state index in [9.17, 15) is 4.79 Å².